The zero-order valence-corrected chi connectivity index (χ0v) is 14.2. The molecular weight excluding hydrogens is 260 g/mol. The van der Waals surface area contributed by atoms with Crippen LogP contribution in [0.4, 0.5) is 5.69 Å². The molecule has 120 valence electrons. The summed E-state index contributed by atoms with van der Waals surface area (Å²) in [7, 11) is 2.20. The van der Waals surface area contributed by atoms with Gasteiger partial charge in [-0.3, -0.25) is 0 Å². The second-order valence-electron chi connectivity index (χ2n) is 6.34. The summed E-state index contributed by atoms with van der Waals surface area (Å²) in [6, 6.07) is 6.20. The molecule has 0 aliphatic rings. The molecule has 0 saturated carbocycles. The van der Waals surface area contributed by atoms with E-state index in [-0.39, 0.29) is 0 Å². The second-order valence-corrected chi connectivity index (χ2v) is 6.34. The van der Waals surface area contributed by atoms with E-state index in [9.17, 15) is 0 Å². The predicted octanol–water partition coefficient (Wildman–Crippen LogP) is 3.97. The van der Waals surface area contributed by atoms with Crippen LogP contribution in [0.1, 0.15) is 45.6 Å². The van der Waals surface area contributed by atoms with Crippen molar-refractivity contribution in [1.82, 2.24) is 4.90 Å². The van der Waals surface area contributed by atoms with E-state index in [1.54, 1.807) is 0 Å². The number of nitrogens with two attached hydrogens (primary N) is 1. The van der Waals surface area contributed by atoms with Crippen LogP contribution in [-0.4, -0.2) is 31.6 Å². The van der Waals surface area contributed by atoms with Gasteiger partial charge in [0.05, 0.1) is 12.3 Å². The molecule has 0 aromatic heterocycles. The van der Waals surface area contributed by atoms with E-state index in [4.69, 9.17) is 10.5 Å². The summed E-state index contributed by atoms with van der Waals surface area (Å²) < 4.78 is 5.71. The third-order valence-electron chi connectivity index (χ3n) is 3.55. The SMILES string of the molecule is CCCCN(C)CCCc1ccc(OCC(C)C)c(N)c1. The lowest BCUT2D eigenvalue weighted by Gasteiger charge is -2.16. The van der Waals surface area contributed by atoms with Crippen molar-refractivity contribution in [1.29, 1.82) is 0 Å². The molecule has 0 heterocycles. The number of hydrogen-bond acceptors (Lipinski definition) is 3. The summed E-state index contributed by atoms with van der Waals surface area (Å²) in [5, 5.41) is 0. The molecule has 3 heteroatoms. The Labute approximate surface area is 130 Å². The topological polar surface area (TPSA) is 38.5 Å². The monoisotopic (exact) mass is 292 g/mol. The Hall–Kier alpha value is -1.22. The van der Waals surface area contributed by atoms with Crippen LogP contribution >= 0.6 is 0 Å². The molecule has 0 radical (unpaired) electrons. The van der Waals surface area contributed by atoms with Crippen LogP contribution in [-0.2, 0) is 6.42 Å². The van der Waals surface area contributed by atoms with E-state index >= 15 is 0 Å². The van der Waals surface area contributed by atoms with Gasteiger partial charge in [-0.1, -0.05) is 33.3 Å². The molecule has 1 aromatic rings. The van der Waals surface area contributed by atoms with Crippen molar-refractivity contribution >= 4 is 5.69 Å². The number of unbranched alkanes of at least 4 members (excludes halogenated alkanes) is 1. The normalized spacial score (nSPS) is 11.3. The maximum Gasteiger partial charge on any atom is 0.142 e. The first-order valence-corrected chi connectivity index (χ1v) is 8.22. The van der Waals surface area contributed by atoms with Crippen LogP contribution < -0.4 is 10.5 Å². The first-order valence-electron chi connectivity index (χ1n) is 8.22. The van der Waals surface area contributed by atoms with Crippen LogP contribution in [0.15, 0.2) is 18.2 Å². The van der Waals surface area contributed by atoms with Gasteiger partial charge >= 0.3 is 0 Å². The van der Waals surface area contributed by atoms with Crippen molar-refractivity contribution in [2.75, 3.05) is 32.5 Å². The average Bonchev–Trinajstić information content (AvgIpc) is 2.44. The Balaban J connectivity index is 2.37. The maximum atomic E-state index is 6.07. The molecule has 0 unspecified atom stereocenters. The maximum absolute atomic E-state index is 6.07. The van der Waals surface area contributed by atoms with Gasteiger partial charge in [-0.15, -0.1) is 0 Å². The zero-order chi connectivity index (χ0) is 15.7. The zero-order valence-electron chi connectivity index (χ0n) is 14.2. The quantitative estimate of drug-likeness (QED) is 0.663. The molecule has 0 atom stereocenters. The lowest BCUT2D eigenvalue weighted by atomic mass is 10.1. The van der Waals surface area contributed by atoms with Crippen LogP contribution in [0.5, 0.6) is 5.75 Å². The standard InChI is InChI=1S/C18H32N2O/c1-5-6-11-20(4)12-7-8-16-9-10-18(17(19)13-16)21-14-15(2)3/h9-10,13,15H,5-8,11-12,14,19H2,1-4H3. The molecule has 0 spiro atoms. The van der Waals surface area contributed by atoms with E-state index in [0.717, 1.165) is 24.4 Å². The lowest BCUT2D eigenvalue weighted by Crippen LogP contribution is -2.21. The van der Waals surface area contributed by atoms with Crippen LogP contribution in [0, 0.1) is 5.92 Å². The summed E-state index contributed by atoms with van der Waals surface area (Å²) in [4.78, 5) is 2.41. The highest BCUT2D eigenvalue weighted by molar-refractivity contribution is 5.54. The number of hydrogen-bond donors (Lipinski definition) is 1. The van der Waals surface area contributed by atoms with E-state index in [0.29, 0.717) is 12.5 Å². The molecule has 3 nitrogen and oxygen atoms in total. The van der Waals surface area contributed by atoms with Crippen molar-refractivity contribution in [2.45, 2.75) is 46.5 Å². The predicted molar refractivity (Wildman–Crippen MR) is 91.9 cm³/mol. The van der Waals surface area contributed by atoms with Gasteiger partial charge in [-0.25, -0.2) is 0 Å². The van der Waals surface area contributed by atoms with Gasteiger partial charge in [0, 0.05) is 0 Å². The summed E-state index contributed by atoms with van der Waals surface area (Å²) in [5.74, 6) is 1.33. The fourth-order valence-electron chi connectivity index (χ4n) is 2.23. The fraction of sp³-hybridized carbons (Fsp3) is 0.667. The Bertz CT molecular complexity index is 404. The molecule has 0 saturated heterocycles. The van der Waals surface area contributed by atoms with Crippen LogP contribution in [0.3, 0.4) is 0 Å². The Morgan fingerprint density at radius 3 is 2.52 bits per heavy atom. The molecule has 0 amide bonds. The molecule has 0 aliphatic heterocycles. The highest BCUT2D eigenvalue weighted by Crippen LogP contribution is 2.23. The van der Waals surface area contributed by atoms with Gasteiger partial charge in [0.25, 0.3) is 0 Å². The van der Waals surface area contributed by atoms with Crippen LogP contribution in [0.25, 0.3) is 0 Å². The van der Waals surface area contributed by atoms with Gasteiger partial charge in [-0.2, -0.15) is 0 Å². The Kier molecular flexibility index (Phi) is 8.21. The smallest absolute Gasteiger partial charge is 0.142 e. The molecule has 0 aliphatic carbocycles. The van der Waals surface area contributed by atoms with Gasteiger partial charge in [-0.05, 0) is 63.0 Å². The third-order valence-corrected chi connectivity index (χ3v) is 3.55. The highest BCUT2D eigenvalue weighted by atomic mass is 16.5. The Morgan fingerprint density at radius 2 is 1.90 bits per heavy atom. The van der Waals surface area contributed by atoms with Crippen molar-refractivity contribution in [3.05, 3.63) is 23.8 Å². The van der Waals surface area contributed by atoms with Gasteiger partial charge in [0.2, 0.25) is 0 Å². The molecule has 2 N–H and O–H groups in total. The van der Waals surface area contributed by atoms with E-state index in [1.165, 1.54) is 31.4 Å². The summed E-state index contributed by atoms with van der Waals surface area (Å²) in [5.41, 5.74) is 8.13. The van der Waals surface area contributed by atoms with Crippen LogP contribution in [0.2, 0.25) is 0 Å². The minimum Gasteiger partial charge on any atom is -0.491 e. The first kappa shape index (κ1) is 17.8. The molecule has 0 bridgehead atoms. The van der Waals surface area contributed by atoms with E-state index in [2.05, 4.69) is 44.9 Å². The van der Waals surface area contributed by atoms with E-state index in [1.807, 2.05) is 6.07 Å². The summed E-state index contributed by atoms with van der Waals surface area (Å²) >= 11 is 0. The highest BCUT2D eigenvalue weighted by Gasteiger charge is 2.04. The van der Waals surface area contributed by atoms with Crippen molar-refractivity contribution in [2.24, 2.45) is 5.92 Å². The van der Waals surface area contributed by atoms with E-state index < -0.39 is 0 Å². The number of anilines is 1. The number of nitrogen functional groups attached to an aromatic ring is 1. The summed E-state index contributed by atoms with van der Waals surface area (Å²) in [6.07, 6.45) is 4.79. The third kappa shape index (κ3) is 7.37. The fourth-order valence-corrected chi connectivity index (χ4v) is 2.23. The van der Waals surface area contributed by atoms with Crippen molar-refractivity contribution in [3.63, 3.8) is 0 Å². The largest absolute Gasteiger partial charge is 0.491 e. The van der Waals surface area contributed by atoms with Gasteiger partial charge < -0.3 is 15.4 Å². The minimum absolute atomic E-state index is 0.516. The molecule has 0 fully saturated rings. The first-order chi connectivity index (χ1) is 10.0. The van der Waals surface area contributed by atoms with Gasteiger partial charge in [0.15, 0.2) is 0 Å². The number of nitrogens with zero attached hydrogens (tertiary/aromatic N) is 1. The molecule has 21 heavy (non-hydrogen) atoms. The number of benzene rings is 1. The molecular formula is C18H32N2O. The number of ether oxygens (including phenoxy) is 1. The lowest BCUT2D eigenvalue weighted by molar-refractivity contribution is 0.272. The van der Waals surface area contributed by atoms with Crippen molar-refractivity contribution < 1.29 is 4.74 Å². The van der Waals surface area contributed by atoms with Crippen molar-refractivity contribution in [3.8, 4) is 5.75 Å². The molecule has 1 rings (SSSR count). The van der Waals surface area contributed by atoms with Gasteiger partial charge in [0.1, 0.15) is 5.75 Å². The number of aryl methyl sites for hydroxylation is 1. The average molecular weight is 292 g/mol. The number of rotatable bonds is 10. The Morgan fingerprint density at radius 1 is 1.19 bits per heavy atom. The summed E-state index contributed by atoms with van der Waals surface area (Å²) in [6.45, 7) is 9.57. The molecule has 1 aromatic carbocycles. The minimum atomic E-state index is 0.516. The second kappa shape index (κ2) is 9.67.